The predicted molar refractivity (Wildman–Crippen MR) is 45.2 cm³/mol. The Kier molecular flexibility index (Phi) is 4.43. The fraction of sp³-hybridized carbons (Fsp3) is 0.500. The highest BCUT2D eigenvalue weighted by Gasteiger charge is 2.40. The second-order valence-corrected chi connectivity index (χ2v) is 2.81. The van der Waals surface area contributed by atoms with Crippen LogP contribution in [0.3, 0.4) is 0 Å². The molecular weight excluding hydrogens is 208 g/mol. The Morgan fingerprint density at radius 1 is 0.933 bits per heavy atom. The molecule has 0 bridgehead atoms. The van der Waals surface area contributed by atoms with Gasteiger partial charge in [0.05, 0.1) is 0 Å². The Bertz CT molecular complexity index is 292. The molecule has 7 nitrogen and oxygen atoms in total. The summed E-state index contributed by atoms with van der Waals surface area (Å²) in [6.45, 7) is 1.36. The molecule has 1 atom stereocenters. The minimum atomic E-state index is -2.31. The summed E-state index contributed by atoms with van der Waals surface area (Å²) in [5.74, 6) is -10.5. The molecule has 0 heterocycles. The van der Waals surface area contributed by atoms with E-state index < -0.39 is 35.5 Å². The van der Waals surface area contributed by atoms with Crippen LogP contribution in [-0.4, -0.2) is 39.0 Å². The fourth-order valence-electron chi connectivity index (χ4n) is 1.05. The van der Waals surface area contributed by atoms with Crippen molar-refractivity contribution in [3.63, 3.8) is 0 Å². The standard InChI is InChI=1S/C8H10O7/c1-2-3(6(10)11)5(9)4(7(12)13)8(14)15/h3-4H,2H2,1H3,(H,10,11)(H,12,13)(H,14,15). The van der Waals surface area contributed by atoms with Crippen LogP contribution in [0.4, 0.5) is 0 Å². The maximum Gasteiger partial charge on any atom is 0.325 e. The van der Waals surface area contributed by atoms with Gasteiger partial charge in [0, 0.05) is 0 Å². The molecule has 0 aliphatic rings. The maximum atomic E-state index is 11.3. The molecule has 3 N–H and O–H groups in total. The van der Waals surface area contributed by atoms with E-state index in [2.05, 4.69) is 0 Å². The SMILES string of the molecule is CCC(C(=O)O)C(=O)C(C(=O)O)C(=O)O. The molecule has 0 rings (SSSR count). The first kappa shape index (κ1) is 13.1. The van der Waals surface area contributed by atoms with Crippen molar-refractivity contribution >= 4 is 23.7 Å². The fourth-order valence-corrected chi connectivity index (χ4v) is 1.05. The van der Waals surface area contributed by atoms with Crippen molar-refractivity contribution in [2.75, 3.05) is 0 Å². The van der Waals surface area contributed by atoms with E-state index in [0.29, 0.717) is 0 Å². The predicted octanol–water partition coefficient (Wildman–Crippen LogP) is -0.548. The normalized spacial score (nSPS) is 12.1. The number of carboxylic acids is 3. The summed E-state index contributed by atoms with van der Waals surface area (Å²) in [5.41, 5.74) is 0. The van der Waals surface area contributed by atoms with Crippen LogP contribution in [0.1, 0.15) is 13.3 Å². The summed E-state index contributed by atoms with van der Waals surface area (Å²) in [7, 11) is 0. The van der Waals surface area contributed by atoms with Crippen LogP contribution in [0.25, 0.3) is 0 Å². The van der Waals surface area contributed by atoms with Gasteiger partial charge in [-0.3, -0.25) is 19.2 Å². The van der Waals surface area contributed by atoms with E-state index in [-0.39, 0.29) is 6.42 Å². The van der Waals surface area contributed by atoms with Crippen molar-refractivity contribution in [3.8, 4) is 0 Å². The molecule has 0 saturated carbocycles. The van der Waals surface area contributed by atoms with Crippen molar-refractivity contribution < 1.29 is 34.5 Å². The van der Waals surface area contributed by atoms with Gasteiger partial charge in [-0.15, -0.1) is 0 Å². The molecule has 0 saturated heterocycles. The number of ketones is 1. The van der Waals surface area contributed by atoms with Crippen molar-refractivity contribution in [2.24, 2.45) is 11.8 Å². The third-order valence-electron chi connectivity index (χ3n) is 1.83. The Labute approximate surface area is 84.3 Å². The van der Waals surface area contributed by atoms with Gasteiger partial charge in [-0.05, 0) is 6.42 Å². The van der Waals surface area contributed by atoms with Crippen molar-refractivity contribution in [3.05, 3.63) is 0 Å². The number of carbonyl (C=O) groups excluding carboxylic acids is 1. The lowest BCUT2D eigenvalue weighted by atomic mass is 9.91. The summed E-state index contributed by atoms with van der Waals surface area (Å²) in [6.07, 6.45) is -0.148. The molecule has 0 amide bonds. The van der Waals surface area contributed by atoms with Crippen LogP contribution < -0.4 is 0 Å². The second kappa shape index (κ2) is 5.08. The summed E-state index contributed by atoms with van der Waals surface area (Å²) in [5, 5.41) is 25.4. The van der Waals surface area contributed by atoms with Gasteiger partial charge in [0.25, 0.3) is 0 Å². The molecule has 15 heavy (non-hydrogen) atoms. The molecule has 0 aromatic heterocycles. The van der Waals surface area contributed by atoms with Crippen molar-refractivity contribution in [1.82, 2.24) is 0 Å². The first-order valence-electron chi connectivity index (χ1n) is 4.05. The molecule has 0 radical (unpaired) electrons. The zero-order valence-electron chi connectivity index (χ0n) is 7.84. The van der Waals surface area contributed by atoms with E-state index in [1.807, 2.05) is 0 Å². The number of aliphatic carboxylic acids is 3. The van der Waals surface area contributed by atoms with Gasteiger partial charge in [-0.1, -0.05) is 6.92 Å². The Morgan fingerprint density at radius 2 is 1.33 bits per heavy atom. The topological polar surface area (TPSA) is 129 Å². The lowest BCUT2D eigenvalue weighted by Gasteiger charge is -2.11. The molecular formula is C8H10O7. The Hall–Kier alpha value is -1.92. The van der Waals surface area contributed by atoms with E-state index in [4.69, 9.17) is 15.3 Å². The van der Waals surface area contributed by atoms with E-state index in [1.165, 1.54) is 6.92 Å². The van der Waals surface area contributed by atoms with E-state index in [9.17, 15) is 19.2 Å². The zero-order chi connectivity index (χ0) is 12.2. The molecule has 0 aromatic carbocycles. The lowest BCUT2D eigenvalue weighted by molar-refractivity contribution is -0.160. The largest absolute Gasteiger partial charge is 0.481 e. The molecule has 0 fully saturated rings. The van der Waals surface area contributed by atoms with Crippen LogP contribution in [0.2, 0.25) is 0 Å². The number of carboxylic acid groups (broad SMARTS) is 3. The highest BCUT2D eigenvalue weighted by atomic mass is 16.4. The molecule has 84 valence electrons. The van der Waals surface area contributed by atoms with Crippen LogP contribution in [0.15, 0.2) is 0 Å². The Morgan fingerprint density at radius 3 is 1.53 bits per heavy atom. The quantitative estimate of drug-likeness (QED) is 0.510. The van der Waals surface area contributed by atoms with Gasteiger partial charge >= 0.3 is 17.9 Å². The van der Waals surface area contributed by atoms with Gasteiger partial charge in [-0.2, -0.15) is 0 Å². The second-order valence-electron chi connectivity index (χ2n) is 2.81. The number of Topliss-reactive ketones (excluding diaryl/α,β-unsaturated/α-hetero) is 1. The number of carbonyl (C=O) groups is 4. The molecule has 0 aromatic rings. The average molecular weight is 218 g/mol. The van der Waals surface area contributed by atoms with Crippen LogP contribution in [0.5, 0.6) is 0 Å². The van der Waals surface area contributed by atoms with Crippen LogP contribution >= 0.6 is 0 Å². The first-order valence-corrected chi connectivity index (χ1v) is 4.05. The maximum absolute atomic E-state index is 11.3. The number of rotatable bonds is 6. The summed E-state index contributed by atoms with van der Waals surface area (Å²) < 4.78 is 0. The first-order chi connectivity index (χ1) is 6.82. The summed E-state index contributed by atoms with van der Waals surface area (Å²) in [4.78, 5) is 42.6. The monoisotopic (exact) mass is 218 g/mol. The third-order valence-corrected chi connectivity index (χ3v) is 1.83. The van der Waals surface area contributed by atoms with Gasteiger partial charge in [0.2, 0.25) is 5.92 Å². The molecule has 0 spiro atoms. The minimum absolute atomic E-state index is 0.148. The molecule has 7 heteroatoms. The highest BCUT2D eigenvalue weighted by Crippen LogP contribution is 2.12. The number of hydrogen-bond acceptors (Lipinski definition) is 4. The van der Waals surface area contributed by atoms with E-state index in [0.717, 1.165) is 0 Å². The average Bonchev–Trinajstić information content (AvgIpc) is 2.02. The third kappa shape index (κ3) is 3.04. The molecule has 1 unspecified atom stereocenters. The van der Waals surface area contributed by atoms with Crippen molar-refractivity contribution in [1.29, 1.82) is 0 Å². The Balaban J connectivity index is 5.00. The molecule has 0 aliphatic carbocycles. The van der Waals surface area contributed by atoms with E-state index >= 15 is 0 Å². The number of hydrogen-bond donors (Lipinski definition) is 3. The lowest BCUT2D eigenvalue weighted by Crippen LogP contribution is -2.38. The van der Waals surface area contributed by atoms with Gasteiger partial charge in [0.15, 0.2) is 5.78 Å². The summed E-state index contributed by atoms with van der Waals surface area (Å²) >= 11 is 0. The van der Waals surface area contributed by atoms with Gasteiger partial charge < -0.3 is 15.3 Å². The van der Waals surface area contributed by atoms with E-state index in [1.54, 1.807) is 0 Å². The van der Waals surface area contributed by atoms with Gasteiger partial charge in [0.1, 0.15) is 5.92 Å². The highest BCUT2D eigenvalue weighted by molar-refractivity contribution is 6.18. The van der Waals surface area contributed by atoms with Crippen molar-refractivity contribution in [2.45, 2.75) is 13.3 Å². The minimum Gasteiger partial charge on any atom is -0.481 e. The van der Waals surface area contributed by atoms with Crippen LogP contribution in [0, 0.1) is 11.8 Å². The van der Waals surface area contributed by atoms with Gasteiger partial charge in [-0.25, -0.2) is 0 Å². The van der Waals surface area contributed by atoms with Crippen LogP contribution in [-0.2, 0) is 19.2 Å². The zero-order valence-corrected chi connectivity index (χ0v) is 7.84. The molecule has 0 aliphatic heterocycles. The smallest absolute Gasteiger partial charge is 0.325 e. The summed E-state index contributed by atoms with van der Waals surface area (Å²) in [6, 6.07) is 0.